The Bertz CT molecular complexity index is 1050. The lowest BCUT2D eigenvalue weighted by Gasteiger charge is -2.36. The Hall–Kier alpha value is -3.20. The van der Waals surface area contributed by atoms with Gasteiger partial charge in [-0.25, -0.2) is 9.18 Å². The maximum Gasteiger partial charge on any atom is 0.322 e. The van der Waals surface area contributed by atoms with E-state index in [0.717, 1.165) is 0 Å². The average Bonchev–Trinajstić information content (AvgIpc) is 3.12. The number of carbonyl (C=O) groups excluding carboxylic acids is 3. The molecule has 0 radical (unpaired) electrons. The Balaban J connectivity index is 0.00000158. The van der Waals surface area contributed by atoms with Gasteiger partial charge < -0.3 is 15.1 Å². The largest absolute Gasteiger partial charge is 0.368 e. The van der Waals surface area contributed by atoms with Gasteiger partial charge in [-0.2, -0.15) is 0 Å². The van der Waals surface area contributed by atoms with Crippen LogP contribution in [-0.2, 0) is 15.1 Å². The van der Waals surface area contributed by atoms with Crippen LogP contribution in [0.5, 0.6) is 0 Å². The van der Waals surface area contributed by atoms with E-state index in [0.29, 0.717) is 48.3 Å². The van der Waals surface area contributed by atoms with Crippen molar-refractivity contribution in [2.24, 2.45) is 0 Å². The quantitative estimate of drug-likeness (QED) is 0.628. The molecule has 4 amide bonds. The van der Waals surface area contributed by atoms with Crippen molar-refractivity contribution in [3.05, 3.63) is 58.6 Å². The smallest absolute Gasteiger partial charge is 0.322 e. The summed E-state index contributed by atoms with van der Waals surface area (Å²) in [6, 6.07) is 8.99. The second-order valence-electron chi connectivity index (χ2n) is 7.97. The summed E-state index contributed by atoms with van der Waals surface area (Å²) >= 11 is 5.95. The molecular weight excluding hydrogens is 461 g/mol. The van der Waals surface area contributed by atoms with E-state index in [4.69, 9.17) is 11.6 Å². The second kappa shape index (κ2) is 10.8. The van der Waals surface area contributed by atoms with Crippen molar-refractivity contribution >= 4 is 35.1 Å². The highest BCUT2D eigenvalue weighted by atomic mass is 35.5. The number of nitrogens with zero attached hydrogens (tertiary/aromatic N) is 3. The van der Waals surface area contributed by atoms with Crippen molar-refractivity contribution in [2.45, 2.75) is 39.2 Å². The standard InChI is InChI=1S/C22H23ClFN5O3.C2H6/c1-14-3-2-4-18(25-14)22(20(31)26-21(32)27-22)6-5-19(30)29-9-7-28(8-10-29)17-12-15(23)11-16(24)13-17;1-2/h2-4,11-13H,5-10H2,1H3,(H2,26,27,31,32);1-2H3. The van der Waals surface area contributed by atoms with Crippen LogP contribution in [-0.4, -0.2) is 53.9 Å². The number of pyridine rings is 1. The van der Waals surface area contributed by atoms with Crippen molar-refractivity contribution in [2.75, 3.05) is 31.1 Å². The molecule has 2 aliphatic rings. The van der Waals surface area contributed by atoms with E-state index in [1.807, 2.05) is 18.7 Å². The van der Waals surface area contributed by atoms with Crippen molar-refractivity contribution < 1.29 is 18.8 Å². The summed E-state index contributed by atoms with van der Waals surface area (Å²) in [5, 5.41) is 5.25. The zero-order valence-corrected chi connectivity index (χ0v) is 20.3. The summed E-state index contributed by atoms with van der Waals surface area (Å²) in [7, 11) is 0. The van der Waals surface area contributed by atoms with E-state index in [-0.39, 0.29) is 18.7 Å². The summed E-state index contributed by atoms with van der Waals surface area (Å²) in [4.78, 5) is 45.5. The van der Waals surface area contributed by atoms with Gasteiger partial charge in [0.25, 0.3) is 5.91 Å². The van der Waals surface area contributed by atoms with E-state index in [2.05, 4.69) is 15.6 Å². The summed E-state index contributed by atoms with van der Waals surface area (Å²) < 4.78 is 13.7. The van der Waals surface area contributed by atoms with Crippen LogP contribution in [0.1, 0.15) is 38.1 Å². The monoisotopic (exact) mass is 489 g/mol. The molecule has 34 heavy (non-hydrogen) atoms. The molecule has 2 aliphatic heterocycles. The predicted octanol–water partition coefficient (Wildman–Crippen LogP) is 3.37. The van der Waals surface area contributed by atoms with Crippen molar-refractivity contribution in [1.29, 1.82) is 0 Å². The molecule has 1 aromatic carbocycles. The van der Waals surface area contributed by atoms with Crippen LogP contribution >= 0.6 is 11.6 Å². The third-order valence-corrected chi connectivity index (χ3v) is 6.04. The fourth-order valence-electron chi connectivity index (χ4n) is 4.15. The molecule has 0 bridgehead atoms. The number of benzene rings is 1. The van der Waals surface area contributed by atoms with Crippen LogP contribution in [0.4, 0.5) is 14.9 Å². The minimum atomic E-state index is -1.38. The van der Waals surface area contributed by atoms with Gasteiger partial charge in [-0.05, 0) is 43.7 Å². The number of nitrogens with one attached hydrogen (secondary N) is 2. The molecule has 0 aliphatic carbocycles. The number of piperazine rings is 1. The minimum Gasteiger partial charge on any atom is -0.368 e. The van der Waals surface area contributed by atoms with Gasteiger partial charge >= 0.3 is 6.03 Å². The molecular formula is C24H29ClFN5O3. The minimum absolute atomic E-state index is 0.0646. The van der Waals surface area contributed by atoms with Gasteiger partial charge in [0.05, 0.1) is 5.69 Å². The predicted molar refractivity (Wildman–Crippen MR) is 128 cm³/mol. The SMILES string of the molecule is CC.Cc1cccc(C2(CCC(=O)N3CCN(c4cc(F)cc(Cl)c4)CC3)NC(=O)NC2=O)n1. The lowest BCUT2D eigenvalue weighted by Crippen LogP contribution is -2.50. The first kappa shape index (κ1) is 25.4. The number of rotatable bonds is 5. The molecule has 2 aromatic rings. The van der Waals surface area contributed by atoms with Gasteiger partial charge in [-0.3, -0.25) is 19.9 Å². The van der Waals surface area contributed by atoms with Gasteiger partial charge in [0, 0.05) is 49.0 Å². The molecule has 1 unspecified atom stereocenters. The lowest BCUT2D eigenvalue weighted by molar-refractivity contribution is -0.132. The average molecular weight is 490 g/mol. The number of aromatic nitrogens is 1. The number of imide groups is 1. The third kappa shape index (κ3) is 5.47. The lowest BCUT2D eigenvalue weighted by atomic mass is 9.88. The molecule has 0 saturated carbocycles. The highest BCUT2D eigenvalue weighted by molar-refractivity contribution is 6.30. The molecule has 4 rings (SSSR count). The summed E-state index contributed by atoms with van der Waals surface area (Å²) in [5.41, 5.74) is 0.410. The molecule has 1 atom stereocenters. The van der Waals surface area contributed by atoms with E-state index in [1.54, 1.807) is 36.1 Å². The van der Waals surface area contributed by atoms with E-state index >= 15 is 0 Å². The number of aryl methyl sites for hydroxylation is 1. The number of anilines is 1. The topological polar surface area (TPSA) is 94.6 Å². The molecule has 2 N–H and O–H groups in total. The summed E-state index contributed by atoms with van der Waals surface area (Å²) in [5.74, 6) is -1.04. The van der Waals surface area contributed by atoms with Gasteiger partial charge in [0.2, 0.25) is 5.91 Å². The molecule has 2 fully saturated rings. The van der Waals surface area contributed by atoms with E-state index < -0.39 is 23.3 Å². The first-order chi connectivity index (χ1) is 16.3. The summed E-state index contributed by atoms with van der Waals surface area (Å²) in [6.45, 7) is 7.78. The van der Waals surface area contributed by atoms with Crippen LogP contribution < -0.4 is 15.5 Å². The zero-order chi connectivity index (χ0) is 24.9. The zero-order valence-electron chi connectivity index (χ0n) is 19.5. The first-order valence-electron chi connectivity index (χ1n) is 11.3. The Labute approximate surface area is 203 Å². The molecule has 10 heteroatoms. The first-order valence-corrected chi connectivity index (χ1v) is 11.7. The Morgan fingerprint density at radius 1 is 1.15 bits per heavy atom. The number of carbonyl (C=O) groups is 3. The molecule has 3 heterocycles. The van der Waals surface area contributed by atoms with E-state index in [9.17, 15) is 18.8 Å². The highest BCUT2D eigenvalue weighted by Gasteiger charge is 2.49. The molecule has 0 spiro atoms. The van der Waals surface area contributed by atoms with Crippen LogP contribution in [0.2, 0.25) is 5.02 Å². The second-order valence-corrected chi connectivity index (χ2v) is 8.41. The van der Waals surface area contributed by atoms with Gasteiger partial charge in [-0.15, -0.1) is 0 Å². The summed E-state index contributed by atoms with van der Waals surface area (Å²) in [6.07, 6.45) is 0.161. The molecule has 182 valence electrons. The van der Waals surface area contributed by atoms with Gasteiger partial charge in [0.15, 0.2) is 5.54 Å². The molecule has 1 aromatic heterocycles. The third-order valence-electron chi connectivity index (χ3n) is 5.83. The fourth-order valence-corrected chi connectivity index (χ4v) is 4.36. The number of amides is 4. The highest BCUT2D eigenvalue weighted by Crippen LogP contribution is 2.30. The van der Waals surface area contributed by atoms with Crippen molar-refractivity contribution in [3.63, 3.8) is 0 Å². The number of halogens is 2. The number of hydrogen-bond donors (Lipinski definition) is 2. The maximum atomic E-state index is 13.7. The van der Waals surface area contributed by atoms with Crippen LogP contribution in [0.3, 0.4) is 0 Å². The Kier molecular flexibility index (Phi) is 8.09. The van der Waals surface area contributed by atoms with Crippen molar-refractivity contribution in [1.82, 2.24) is 20.5 Å². The number of hydrogen-bond acceptors (Lipinski definition) is 5. The Morgan fingerprint density at radius 2 is 1.85 bits per heavy atom. The normalized spacial score (nSPS) is 19.8. The van der Waals surface area contributed by atoms with Gasteiger partial charge in [-0.1, -0.05) is 31.5 Å². The number of urea groups is 1. The molecule has 2 saturated heterocycles. The molecule has 8 nitrogen and oxygen atoms in total. The van der Waals surface area contributed by atoms with Crippen LogP contribution in [0.25, 0.3) is 0 Å². The van der Waals surface area contributed by atoms with Crippen LogP contribution in [0, 0.1) is 12.7 Å². The fraction of sp³-hybridized carbons (Fsp3) is 0.417. The maximum absolute atomic E-state index is 13.7. The van der Waals surface area contributed by atoms with E-state index in [1.165, 1.54) is 12.1 Å². The van der Waals surface area contributed by atoms with Crippen molar-refractivity contribution in [3.8, 4) is 0 Å². The van der Waals surface area contributed by atoms with Gasteiger partial charge in [0.1, 0.15) is 5.82 Å². The van der Waals surface area contributed by atoms with Crippen LogP contribution in [0.15, 0.2) is 36.4 Å². The Morgan fingerprint density at radius 3 is 2.44 bits per heavy atom.